The van der Waals surface area contributed by atoms with Crippen molar-refractivity contribution in [3.8, 4) is 0 Å². The Morgan fingerprint density at radius 1 is 1.33 bits per heavy atom. The zero-order valence-electron chi connectivity index (χ0n) is 9.24. The largest absolute Gasteiger partial charge is 0.374 e. The molecular formula is C13H18O2. The maximum absolute atomic E-state index is 5.68. The second-order valence-corrected chi connectivity index (χ2v) is 4.38. The van der Waals surface area contributed by atoms with Crippen LogP contribution in [0.5, 0.6) is 0 Å². The van der Waals surface area contributed by atoms with Crippen molar-refractivity contribution in [2.75, 3.05) is 13.2 Å². The Morgan fingerprint density at radius 2 is 2.13 bits per heavy atom. The average molecular weight is 206 g/mol. The third-order valence-corrected chi connectivity index (χ3v) is 2.82. The normalized spacial score (nSPS) is 25.7. The molecule has 1 saturated heterocycles. The molecule has 1 aliphatic rings. The molecule has 0 amide bonds. The quantitative estimate of drug-likeness (QED) is 0.754. The van der Waals surface area contributed by atoms with Crippen molar-refractivity contribution in [1.29, 1.82) is 0 Å². The van der Waals surface area contributed by atoms with E-state index in [2.05, 4.69) is 19.1 Å². The zero-order valence-corrected chi connectivity index (χ0v) is 9.24. The van der Waals surface area contributed by atoms with Gasteiger partial charge in [0.1, 0.15) is 0 Å². The van der Waals surface area contributed by atoms with E-state index in [1.54, 1.807) is 0 Å². The van der Waals surface area contributed by atoms with E-state index in [9.17, 15) is 0 Å². The number of hydrogen-bond donors (Lipinski definition) is 0. The van der Waals surface area contributed by atoms with Gasteiger partial charge >= 0.3 is 0 Å². The molecule has 1 atom stereocenters. The molecule has 15 heavy (non-hydrogen) atoms. The van der Waals surface area contributed by atoms with Gasteiger partial charge in [0.15, 0.2) is 0 Å². The Labute approximate surface area is 91.2 Å². The van der Waals surface area contributed by atoms with Gasteiger partial charge in [0.2, 0.25) is 0 Å². The molecule has 1 aromatic rings. The maximum atomic E-state index is 5.68. The minimum Gasteiger partial charge on any atom is -0.374 e. The van der Waals surface area contributed by atoms with Crippen molar-refractivity contribution in [2.24, 2.45) is 0 Å². The zero-order chi connectivity index (χ0) is 10.6. The fourth-order valence-corrected chi connectivity index (χ4v) is 1.91. The van der Waals surface area contributed by atoms with Gasteiger partial charge in [-0.2, -0.15) is 0 Å². The van der Waals surface area contributed by atoms with E-state index in [0.717, 1.165) is 19.4 Å². The first-order valence-electron chi connectivity index (χ1n) is 5.54. The summed E-state index contributed by atoms with van der Waals surface area (Å²) >= 11 is 0. The molecule has 1 fully saturated rings. The summed E-state index contributed by atoms with van der Waals surface area (Å²) in [4.78, 5) is 0. The summed E-state index contributed by atoms with van der Waals surface area (Å²) in [5.41, 5.74) is 1.17. The van der Waals surface area contributed by atoms with Crippen LogP contribution in [0.25, 0.3) is 0 Å². The Bertz CT molecular complexity index is 289. The second-order valence-electron chi connectivity index (χ2n) is 4.38. The van der Waals surface area contributed by atoms with E-state index in [1.165, 1.54) is 5.56 Å². The van der Waals surface area contributed by atoms with Gasteiger partial charge in [-0.3, -0.25) is 0 Å². The van der Waals surface area contributed by atoms with Crippen LogP contribution in [0.3, 0.4) is 0 Å². The SMILES string of the molecule is C[C@@]1(COCc2ccccc2)CCCO1. The summed E-state index contributed by atoms with van der Waals surface area (Å²) in [5, 5.41) is 0. The lowest BCUT2D eigenvalue weighted by Gasteiger charge is -2.22. The fraction of sp³-hybridized carbons (Fsp3) is 0.538. The van der Waals surface area contributed by atoms with Crippen molar-refractivity contribution in [3.05, 3.63) is 35.9 Å². The van der Waals surface area contributed by atoms with Crippen LogP contribution in [0, 0.1) is 0 Å². The van der Waals surface area contributed by atoms with Crippen LogP contribution in [0.1, 0.15) is 25.3 Å². The Balaban J connectivity index is 1.75. The van der Waals surface area contributed by atoms with Gasteiger partial charge in [0.25, 0.3) is 0 Å². The molecule has 1 aliphatic heterocycles. The first-order chi connectivity index (χ1) is 7.29. The molecule has 0 aliphatic carbocycles. The van der Waals surface area contributed by atoms with Gasteiger partial charge in [-0.05, 0) is 25.3 Å². The van der Waals surface area contributed by atoms with Crippen LogP contribution in [0.4, 0.5) is 0 Å². The van der Waals surface area contributed by atoms with E-state index >= 15 is 0 Å². The standard InChI is InChI=1S/C13H18O2/c1-13(8-5-9-15-13)11-14-10-12-6-3-2-4-7-12/h2-4,6-7H,5,8-11H2,1H3/t13-/m0/s1. The Kier molecular flexibility index (Phi) is 3.39. The van der Waals surface area contributed by atoms with Crippen molar-refractivity contribution < 1.29 is 9.47 Å². The Morgan fingerprint density at radius 3 is 2.80 bits per heavy atom. The van der Waals surface area contributed by atoms with Crippen molar-refractivity contribution in [2.45, 2.75) is 32.0 Å². The molecule has 2 nitrogen and oxygen atoms in total. The van der Waals surface area contributed by atoms with Crippen molar-refractivity contribution in [3.63, 3.8) is 0 Å². The third-order valence-electron chi connectivity index (χ3n) is 2.82. The third kappa shape index (κ3) is 3.05. The predicted molar refractivity (Wildman–Crippen MR) is 59.7 cm³/mol. The monoisotopic (exact) mass is 206 g/mol. The predicted octanol–water partition coefficient (Wildman–Crippen LogP) is 2.77. The smallest absolute Gasteiger partial charge is 0.0887 e. The van der Waals surface area contributed by atoms with Crippen LogP contribution >= 0.6 is 0 Å². The molecule has 0 saturated carbocycles. The number of ether oxygens (including phenoxy) is 2. The molecule has 0 bridgehead atoms. The van der Waals surface area contributed by atoms with E-state index in [1.807, 2.05) is 18.2 Å². The molecule has 2 heteroatoms. The van der Waals surface area contributed by atoms with Gasteiger partial charge < -0.3 is 9.47 Å². The molecule has 0 radical (unpaired) electrons. The molecule has 0 N–H and O–H groups in total. The molecule has 0 aromatic heterocycles. The first-order valence-corrected chi connectivity index (χ1v) is 5.54. The molecule has 2 rings (SSSR count). The highest BCUT2D eigenvalue weighted by Crippen LogP contribution is 2.25. The van der Waals surface area contributed by atoms with Crippen LogP contribution in [-0.4, -0.2) is 18.8 Å². The molecular weight excluding hydrogens is 188 g/mol. The molecule has 82 valence electrons. The average Bonchev–Trinajstić information content (AvgIpc) is 2.67. The Hall–Kier alpha value is -0.860. The lowest BCUT2D eigenvalue weighted by atomic mass is 10.0. The fourth-order valence-electron chi connectivity index (χ4n) is 1.91. The number of hydrogen-bond acceptors (Lipinski definition) is 2. The van der Waals surface area contributed by atoms with Gasteiger partial charge in [0, 0.05) is 6.61 Å². The van der Waals surface area contributed by atoms with Gasteiger partial charge in [0.05, 0.1) is 18.8 Å². The summed E-state index contributed by atoms with van der Waals surface area (Å²) in [6, 6.07) is 10.2. The summed E-state index contributed by atoms with van der Waals surface area (Å²) in [7, 11) is 0. The van der Waals surface area contributed by atoms with Crippen LogP contribution in [0.2, 0.25) is 0 Å². The highest BCUT2D eigenvalue weighted by atomic mass is 16.5. The lowest BCUT2D eigenvalue weighted by Crippen LogP contribution is -2.29. The highest BCUT2D eigenvalue weighted by Gasteiger charge is 2.29. The van der Waals surface area contributed by atoms with Gasteiger partial charge in [-0.1, -0.05) is 30.3 Å². The van der Waals surface area contributed by atoms with E-state index in [4.69, 9.17) is 9.47 Å². The molecule has 1 heterocycles. The van der Waals surface area contributed by atoms with Crippen LogP contribution in [0.15, 0.2) is 30.3 Å². The number of rotatable bonds is 4. The summed E-state index contributed by atoms with van der Waals surface area (Å²) in [6.45, 7) is 4.39. The van der Waals surface area contributed by atoms with E-state index in [0.29, 0.717) is 13.2 Å². The first kappa shape index (κ1) is 10.7. The highest BCUT2D eigenvalue weighted by molar-refractivity contribution is 5.13. The summed E-state index contributed by atoms with van der Waals surface area (Å²) in [6.07, 6.45) is 2.27. The van der Waals surface area contributed by atoms with E-state index < -0.39 is 0 Å². The van der Waals surface area contributed by atoms with Crippen LogP contribution < -0.4 is 0 Å². The minimum absolute atomic E-state index is 0.0468. The van der Waals surface area contributed by atoms with Crippen molar-refractivity contribution in [1.82, 2.24) is 0 Å². The van der Waals surface area contributed by atoms with Gasteiger partial charge in [-0.15, -0.1) is 0 Å². The lowest BCUT2D eigenvalue weighted by molar-refractivity contribution is -0.0559. The topological polar surface area (TPSA) is 18.5 Å². The molecule has 0 spiro atoms. The van der Waals surface area contributed by atoms with E-state index in [-0.39, 0.29) is 5.60 Å². The van der Waals surface area contributed by atoms with Gasteiger partial charge in [-0.25, -0.2) is 0 Å². The molecule has 1 aromatic carbocycles. The summed E-state index contributed by atoms with van der Waals surface area (Å²) < 4.78 is 11.3. The van der Waals surface area contributed by atoms with Crippen LogP contribution in [-0.2, 0) is 16.1 Å². The second kappa shape index (κ2) is 4.77. The van der Waals surface area contributed by atoms with Crippen molar-refractivity contribution >= 4 is 0 Å². The summed E-state index contributed by atoms with van der Waals surface area (Å²) in [5.74, 6) is 0. The minimum atomic E-state index is -0.0468. The number of benzene rings is 1. The maximum Gasteiger partial charge on any atom is 0.0887 e. The molecule has 0 unspecified atom stereocenters.